The van der Waals surface area contributed by atoms with E-state index in [1.54, 1.807) is 19.2 Å². The molecule has 0 aliphatic carbocycles. The number of rotatable bonds is 4. The molecule has 5 heteroatoms. The largest absolute Gasteiger partial charge is 0.313 e. The molecule has 0 saturated carbocycles. The fourth-order valence-electron chi connectivity index (χ4n) is 2.06. The molecule has 0 saturated heterocycles. The lowest BCUT2D eigenvalue weighted by Crippen LogP contribution is -2.19. The van der Waals surface area contributed by atoms with Crippen LogP contribution in [-0.4, -0.2) is 7.05 Å². The van der Waals surface area contributed by atoms with Crippen LogP contribution in [0.4, 0.5) is 8.78 Å². The molecule has 1 atom stereocenters. The maximum absolute atomic E-state index is 13.6. The maximum Gasteiger partial charge on any atom is 0.137 e. The Kier molecular flexibility index (Phi) is 5.13. The Labute approximate surface area is 130 Å². The molecule has 2 rings (SSSR count). The predicted octanol–water partition coefficient (Wildman–Crippen LogP) is 4.88. The first-order chi connectivity index (χ1) is 9.52. The highest BCUT2D eigenvalue weighted by Crippen LogP contribution is 2.30. The Hall–Kier alpha value is -0.970. The van der Waals surface area contributed by atoms with Gasteiger partial charge in [-0.15, -0.1) is 0 Å². The summed E-state index contributed by atoms with van der Waals surface area (Å²) in [6.07, 6.45) is 0.539. The van der Waals surface area contributed by atoms with Crippen molar-refractivity contribution in [1.82, 2.24) is 5.32 Å². The van der Waals surface area contributed by atoms with Gasteiger partial charge in [0.2, 0.25) is 0 Å². The molecule has 106 valence electrons. The summed E-state index contributed by atoms with van der Waals surface area (Å²) >= 11 is 9.29. The van der Waals surface area contributed by atoms with Crippen LogP contribution in [0, 0.1) is 11.6 Å². The van der Waals surface area contributed by atoms with Crippen molar-refractivity contribution in [3.05, 3.63) is 68.7 Å². The Bertz CT molecular complexity index is 619. The fraction of sp³-hybridized carbons (Fsp3) is 0.200. The summed E-state index contributed by atoms with van der Waals surface area (Å²) in [6.45, 7) is 0. The lowest BCUT2D eigenvalue weighted by molar-refractivity contribution is 0.570. The molecular weight excluding hydrogens is 348 g/mol. The van der Waals surface area contributed by atoms with Crippen molar-refractivity contribution < 1.29 is 8.78 Å². The van der Waals surface area contributed by atoms with Crippen LogP contribution in [0.3, 0.4) is 0 Å². The second-order valence-corrected chi connectivity index (χ2v) is 5.62. The molecule has 1 N–H and O–H groups in total. The fourth-order valence-corrected chi connectivity index (χ4v) is 2.85. The molecule has 20 heavy (non-hydrogen) atoms. The third-order valence-electron chi connectivity index (χ3n) is 3.14. The van der Waals surface area contributed by atoms with Crippen molar-refractivity contribution in [3.63, 3.8) is 0 Å². The summed E-state index contributed by atoms with van der Waals surface area (Å²) in [5.74, 6) is -0.681. The van der Waals surface area contributed by atoms with Crippen LogP contribution in [0.5, 0.6) is 0 Å². The van der Waals surface area contributed by atoms with Gasteiger partial charge in [0.15, 0.2) is 0 Å². The van der Waals surface area contributed by atoms with Crippen LogP contribution in [-0.2, 0) is 6.42 Å². The summed E-state index contributed by atoms with van der Waals surface area (Å²) in [5, 5.41) is 3.50. The van der Waals surface area contributed by atoms with Crippen molar-refractivity contribution in [2.45, 2.75) is 12.5 Å². The predicted molar refractivity (Wildman–Crippen MR) is 81.0 cm³/mol. The van der Waals surface area contributed by atoms with Crippen LogP contribution < -0.4 is 5.32 Å². The van der Waals surface area contributed by atoms with Gasteiger partial charge in [-0.05, 0) is 58.7 Å². The highest BCUT2D eigenvalue weighted by Gasteiger charge is 2.17. The minimum atomic E-state index is -0.369. The zero-order chi connectivity index (χ0) is 14.7. The lowest BCUT2D eigenvalue weighted by Gasteiger charge is -2.19. The quantitative estimate of drug-likeness (QED) is 0.819. The monoisotopic (exact) mass is 359 g/mol. The Balaban J connectivity index is 2.31. The number of likely N-dealkylation sites (N-methyl/N-ethyl adjacent to an activating group) is 1. The van der Waals surface area contributed by atoms with Crippen molar-refractivity contribution in [1.29, 1.82) is 0 Å². The van der Waals surface area contributed by atoms with E-state index in [9.17, 15) is 8.78 Å². The SMILES string of the molecule is CNC(Cc1ccc(F)cc1Cl)c1cccc(F)c1Br. The lowest BCUT2D eigenvalue weighted by atomic mass is 9.99. The second-order valence-electron chi connectivity index (χ2n) is 4.42. The summed E-state index contributed by atoms with van der Waals surface area (Å²) in [4.78, 5) is 0. The number of halogens is 4. The van der Waals surface area contributed by atoms with Gasteiger partial charge in [0.25, 0.3) is 0 Å². The van der Waals surface area contributed by atoms with Gasteiger partial charge in [-0.25, -0.2) is 8.78 Å². The first kappa shape index (κ1) is 15.4. The summed E-state index contributed by atoms with van der Waals surface area (Å²) in [5.41, 5.74) is 1.61. The van der Waals surface area contributed by atoms with E-state index in [2.05, 4.69) is 21.2 Å². The van der Waals surface area contributed by atoms with Crippen LogP contribution in [0.2, 0.25) is 5.02 Å². The van der Waals surface area contributed by atoms with Gasteiger partial charge in [-0.1, -0.05) is 29.8 Å². The van der Waals surface area contributed by atoms with Crippen molar-refractivity contribution in [2.24, 2.45) is 0 Å². The minimum Gasteiger partial charge on any atom is -0.313 e. The summed E-state index contributed by atoms with van der Waals surface area (Å²) in [6, 6.07) is 9.07. The average Bonchev–Trinajstić information content (AvgIpc) is 2.42. The van der Waals surface area contributed by atoms with Crippen molar-refractivity contribution in [3.8, 4) is 0 Å². The third-order valence-corrected chi connectivity index (χ3v) is 4.33. The molecular formula is C15H13BrClF2N. The molecule has 0 spiro atoms. The Morgan fingerprint density at radius 1 is 1.25 bits per heavy atom. The Morgan fingerprint density at radius 3 is 2.65 bits per heavy atom. The van der Waals surface area contributed by atoms with E-state index >= 15 is 0 Å². The zero-order valence-electron chi connectivity index (χ0n) is 10.8. The van der Waals surface area contributed by atoms with E-state index < -0.39 is 0 Å². The smallest absolute Gasteiger partial charge is 0.137 e. The summed E-state index contributed by atoms with van der Waals surface area (Å²) < 4.78 is 27.1. The first-order valence-corrected chi connectivity index (χ1v) is 7.25. The van der Waals surface area contributed by atoms with Gasteiger partial charge in [-0.2, -0.15) is 0 Å². The molecule has 2 aromatic carbocycles. The molecule has 2 aromatic rings. The molecule has 0 aromatic heterocycles. The maximum atomic E-state index is 13.6. The second kappa shape index (κ2) is 6.66. The van der Waals surface area contributed by atoms with Gasteiger partial charge < -0.3 is 5.32 Å². The van der Waals surface area contributed by atoms with Crippen LogP contribution >= 0.6 is 27.5 Å². The summed E-state index contributed by atoms with van der Waals surface area (Å²) in [7, 11) is 1.79. The van der Waals surface area contributed by atoms with E-state index in [1.807, 2.05) is 6.07 Å². The normalized spacial score (nSPS) is 12.4. The van der Waals surface area contributed by atoms with Crippen LogP contribution in [0.1, 0.15) is 17.2 Å². The van der Waals surface area contributed by atoms with E-state index in [1.165, 1.54) is 18.2 Å². The highest BCUT2D eigenvalue weighted by molar-refractivity contribution is 9.10. The first-order valence-electron chi connectivity index (χ1n) is 6.08. The average molecular weight is 361 g/mol. The van der Waals surface area contributed by atoms with Gasteiger partial charge >= 0.3 is 0 Å². The topological polar surface area (TPSA) is 12.0 Å². The molecule has 0 fully saturated rings. The molecule has 0 bridgehead atoms. The molecule has 0 radical (unpaired) electrons. The minimum absolute atomic E-state index is 0.122. The van der Waals surface area contributed by atoms with Crippen molar-refractivity contribution >= 4 is 27.5 Å². The molecule has 0 aliphatic heterocycles. The number of hydrogen-bond acceptors (Lipinski definition) is 1. The molecule has 0 aliphatic rings. The van der Waals surface area contributed by atoms with Gasteiger partial charge in [0, 0.05) is 11.1 Å². The third kappa shape index (κ3) is 3.37. The van der Waals surface area contributed by atoms with Crippen LogP contribution in [0.25, 0.3) is 0 Å². The number of hydrogen-bond donors (Lipinski definition) is 1. The van der Waals surface area contributed by atoms with E-state index in [0.29, 0.717) is 15.9 Å². The van der Waals surface area contributed by atoms with Gasteiger partial charge in [-0.3, -0.25) is 0 Å². The molecule has 0 heterocycles. The van der Waals surface area contributed by atoms with Crippen LogP contribution in [0.15, 0.2) is 40.9 Å². The molecule has 1 unspecified atom stereocenters. The van der Waals surface area contributed by atoms with Gasteiger partial charge in [0.1, 0.15) is 11.6 Å². The van der Waals surface area contributed by atoms with E-state index in [-0.39, 0.29) is 17.7 Å². The number of nitrogens with one attached hydrogen (secondary N) is 1. The molecule has 0 amide bonds. The van der Waals surface area contributed by atoms with Gasteiger partial charge in [0.05, 0.1) is 4.47 Å². The molecule has 1 nitrogen and oxygen atoms in total. The number of benzene rings is 2. The zero-order valence-corrected chi connectivity index (χ0v) is 13.1. The standard InChI is InChI=1S/C15H13BrClF2N/c1-20-14(11-3-2-4-13(19)15(11)16)7-9-5-6-10(18)8-12(9)17/h2-6,8,14,20H,7H2,1H3. The van der Waals surface area contributed by atoms with Crippen molar-refractivity contribution in [2.75, 3.05) is 7.05 Å². The Morgan fingerprint density at radius 2 is 2.00 bits per heavy atom. The highest BCUT2D eigenvalue weighted by atomic mass is 79.9. The van der Waals surface area contributed by atoms with E-state index in [4.69, 9.17) is 11.6 Å². The van der Waals surface area contributed by atoms with E-state index in [0.717, 1.165) is 11.1 Å².